The second kappa shape index (κ2) is 2.75. The van der Waals surface area contributed by atoms with E-state index in [-0.39, 0.29) is 0 Å². The Morgan fingerprint density at radius 3 is 2.64 bits per heavy atom. The van der Waals surface area contributed by atoms with Crippen molar-refractivity contribution in [3.05, 3.63) is 29.9 Å². The van der Waals surface area contributed by atoms with Gasteiger partial charge in [0.25, 0.3) is 0 Å². The fourth-order valence-electron chi connectivity index (χ4n) is 0.759. The summed E-state index contributed by atoms with van der Waals surface area (Å²) < 4.78 is 4.10. The molecule has 0 spiro atoms. The summed E-state index contributed by atoms with van der Waals surface area (Å²) in [5.41, 5.74) is 0.843. The highest BCUT2D eigenvalue weighted by atomic mass is 32.1. The van der Waals surface area contributed by atoms with Crippen LogP contribution in [0, 0.1) is 0 Å². The van der Waals surface area contributed by atoms with Crippen molar-refractivity contribution in [3.8, 4) is 11.5 Å². The molecule has 0 aliphatic carbocycles. The van der Waals surface area contributed by atoms with E-state index >= 15 is 0 Å². The van der Waals surface area contributed by atoms with Gasteiger partial charge < -0.3 is 0 Å². The molecule has 2 aromatic heterocycles. The number of rotatable bonds is 1. The third-order valence-electron chi connectivity index (χ3n) is 1.23. The molecule has 0 amide bonds. The van der Waals surface area contributed by atoms with Gasteiger partial charge in [0.15, 0.2) is 5.82 Å². The summed E-state index contributed by atoms with van der Waals surface area (Å²) in [7, 11) is 0. The zero-order chi connectivity index (χ0) is 7.52. The van der Waals surface area contributed by atoms with E-state index in [1.165, 1.54) is 11.5 Å². The molecule has 4 heteroatoms. The molecule has 0 fully saturated rings. The van der Waals surface area contributed by atoms with Crippen LogP contribution in [-0.2, 0) is 0 Å². The maximum absolute atomic E-state index is 4.10. The van der Waals surface area contributed by atoms with Crippen LogP contribution in [0.15, 0.2) is 29.9 Å². The minimum atomic E-state index is 0.689. The lowest BCUT2D eigenvalue weighted by Crippen LogP contribution is -1.84. The van der Waals surface area contributed by atoms with E-state index < -0.39 is 0 Å². The Balaban J connectivity index is 2.46. The van der Waals surface area contributed by atoms with Crippen molar-refractivity contribution in [1.82, 2.24) is 14.3 Å². The van der Waals surface area contributed by atoms with Gasteiger partial charge in [-0.3, -0.25) is 0 Å². The maximum atomic E-state index is 4.10. The molecule has 0 N–H and O–H groups in total. The Morgan fingerprint density at radius 1 is 1.18 bits per heavy atom. The molecule has 0 aromatic carbocycles. The molecule has 2 heterocycles. The lowest BCUT2D eigenvalue weighted by atomic mass is 10.4. The van der Waals surface area contributed by atoms with Crippen molar-refractivity contribution in [1.29, 1.82) is 0 Å². The van der Waals surface area contributed by atoms with Crippen LogP contribution >= 0.6 is 11.5 Å². The normalized spacial score (nSPS) is 9.82. The third-order valence-corrected chi connectivity index (χ3v) is 1.79. The predicted octanol–water partition coefficient (Wildman–Crippen LogP) is 1.60. The molecule has 2 rings (SSSR count). The molecule has 54 valence electrons. The van der Waals surface area contributed by atoms with Gasteiger partial charge in [0.2, 0.25) is 0 Å². The van der Waals surface area contributed by atoms with Crippen LogP contribution < -0.4 is 0 Å². The van der Waals surface area contributed by atoms with E-state index in [4.69, 9.17) is 0 Å². The maximum Gasteiger partial charge on any atom is 0.179 e. The van der Waals surface area contributed by atoms with Crippen molar-refractivity contribution in [2.75, 3.05) is 0 Å². The molecule has 0 saturated carbocycles. The number of hydrogen-bond donors (Lipinski definition) is 0. The Hall–Kier alpha value is -1.29. The molecule has 0 radical (unpaired) electrons. The Morgan fingerprint density at radius 2 is 2.00 bits per heavy atom. The number of hydrogen-bond acceptors (Lipinski definition) is 4. The first-order valence-electron chi connectivity index (χ1n) is 3.14. The first-order chi connectivity index (χ1) is 5.47. The van der Waals surface area contributed by atoms with Gasteiger partial charge in [-0.05, 0) is 23.7 Å². The summed E-state index contributed by atoms with van der Waals surface area (Å²) in [5, 5.41) is 1.91. The van der Waals surface area contributed by atoms with Crippen LogP contribution in [0.4, 0.5) is 0 Å². The van der Waals surface area contributed by atoms with Gasteiger partial charge in [-0.1, -0.05) is 0 Å². The molecule has 0 saturated heterocycles. The molecule has 0 unspecified atom stereocenters. The van der Waals surface area contributed by atoms with Crippen LogP contribution in [0.3, 0.4) is 0 Å². The lowest BCUT2D eigenvalue weighted by Gasteiger charge is -1.89. The van der Waals surface area contributed by atoms with Crippen LogP contribution in [0.25, 0.3) is 11.5 Å². The second-order valence-electron chi connectivity index (χ2n) is 1.96. The highest BCUT2D eigenvalue weighted by molar-refractivity contribution is 7.03. The van der Waals surface area contributed by atoms with E-state index in [2.05, 4.69) is 14.3 Å². The summed E-state index contributed by atoms with van der Waals surface area (Å²) in [6, 6.07) is 3.69. The van der Waals surface area contributed by atoms with Crippen molar-refractivity contribution in [2.24, 2.45) is 0 Å². The van der Waals surface area contributed by atoms with Crippen molar-refractivity contribution >= 4 is 11.5 Å². The monoisotopic (exact) mass is 163 g/mol. The van der Waals surface area contributed by atoms with Crippen LogP contribution in [0.5, 0.6) is 0 Å². The average Bonchev–Trinajstić information content (AvgIpc) is 2.58. The second-order valence-corrected chi connectivity index (χ2v) is 2.62. The topological polar surface area (TPSA) is 38.7 Å². The highest BCUT2D eigenvalue weighted by Crippen LogP contribution is 2.11. The summed E-state index contributed by atoms with van der Waals surface area (Å²) in [5.74, 6) is 0.689. The fourth-order valence-corrected chi connectivity index (χ4v) is 1.27. The lowest BCUT2D eigenvalue weighted by molar-refractivity contribution is 1.16. The van der Waals surface area contributed by atoms with Crippen molar-refractivity contribution in [2.45, 2.75) is 0 Å². The minimum absolute atomic E-state index is 0.689. The molecule has 0 atom stereocenters. The van der Waals surface area contributed by atoms with Gasteiger partial charge in [0.05, 0.1) is 0 Å². The molecule has 0 aliphatic heterocycles. The smallest absolute Gasteiger partial charge is 0.179 e. The highest BCUT2D eigenvalue weighted by Gasteiger charge is 1.99. The Bertz CT molecular complexity index is 317. The number of nitrogens with zero attached hydrogens (tertiary/aromatic N) is 3. The van der Waals surface area contributed by atoms with E-state index in [0.717, 1.165) is 5.69 Å². The predicted molar refractivity (Wildman–Crippen MR) is 43.1 cm³/mol. The molecule has 2 aromatic rings. The van der Waals surface area contributed by atoms with E-state index in [1.54, 1.807) is 18.5 Å². The van der Waals surface area contributed by atoms with E-state index in [9.17, 15) is 0 Å². The minimum Gasteiger partial charge on any atom is -0.235 e. The molecule has 11 heavy (non-hydrogen) atoms. The molecule has 0 aliphatic rings. The average molecular weight is 163 g/mol. The summed E-state index contributed by atoms with van der Waals surface area (Å²) in [4.78, 5) is 8.11. The van der Waals surface area contributed by atoms with Gasteiger partial charge in [-0.15, -0.1) is 0 Å². The van der Waals surface area contributed by atoms with Gasteiger partial charge in [-0.25, -0.2) is 9.97 Å². The molecular formula is C7H5N3S. The molecule has 0 bridgehead atoms. The SMILES string of the molecule is c1cnc(-c2ccsn2)nc1. The Labute approximate surface area is 67.9 Å². The van der Waals surface area contributed by atoms with Crippen molar-refractivity contribution < 1.29 is 0 Å². The van der Waals surface area contributed by atoms with E-state index in [0.29, 0.717) is 5.82 Å². The van der Waals surface area contributed by atoms with E-state index in [1.807, 2.05) is 11.4 Å². The van der Waals surface area contributed by atoms with Crippen LogP contribution in [0.1, 0.15) is 0 Å². The van der Waals surface area contributed by atoms with Gasteiger partial charge in [0, 0.05) is 17.8 Å². The summed E-state index contributed by atoms with van der Waals surface area (Å²) >= 11 is 1.40. The standard InChI is InChI=1S/C7H5N3S/c1-3-8-7(9-4-1)6-2-5-11-10-6/h1-5H. The number of aromatic nitrogens is 3. The van der Waals surface area contributed by atoms with Crippen molar-refractivity contribution in [3.63, 3.8) is 0 Å². The van der Waals surface area contributed by atoms with Crippen LogP contribution in [-0.4, -0.2) is 14.3 Å². The molecule has 3 nitrogen and oxygen atoms in total. The summed E-state index contributed by atoms with van der Waals surface area (Å²) in [6.45, 7) is 0. The Kier molecular flexibility index (Phi) is 1.61. The summed E-state index contributed by atoms with van der Waals surface area (Å²) in [6.07, 6.45) is 3.42. The fraction of sp³-hybridized carbons (Fsp3) is 0. The first kappa shape index (κ1) is 6.42. The van der Waals surface area contributed by atoms with Gasteiger partial charge in [0.1, 0.15) is 5.69 Å². The first-order valence-corrected chi connectivity index (χ1v) is 3.98. The zero-order valence-corrected chi connectivity index (χ0v) is 6.45. The van der Waals surface area contributed by atoms with Crippen LogP contribution in [0.2, 0.25) is 0 Å². The quantitative estimate of drug-likeness (QED) is 0.641. The van der Waals surface area contributed by atoms with Gasteiger partial charge in [-0.2, -0.15) is 4.37 Å². The van der Waals surface area contributed by atoms with Gasteiger partial charge >= 0.3 is 0 Å². The largest absolute Gasteiger partial charge is 0.235 e. The molecular weight excluding hydrogens is 158 g/mol. The zero-order valence-electron chi connectivity index (χ0n) is 5.64. The third kappa shape index (κ3) is 1.25.